The molecular weight excluding hydrogens is 326 g/mol. The van der Waals surface area contributed by atoms with Crippen molar-refractivity contribution in [2.24, 2.45) is 0 Å². The highest BCUT2D eigenvalue weighted by molar-refractivity contribution is 9.10. The van der Waals surface area contributed by atoms with E-state index in [1.165, 1.54) is 23.5 Å². The fraction of sp³-hybridized carbons (Fsp3) is 0.176. The first-order chi connectivity index (χ1) is 10.3. The molecule has 0 N–H and O–H groups in total. The zero-order valence-corrected chi connectivity index (χ0v) is 13.0. The minimum Gasteiger partial charge on any atom is -0.327 e. The van der Waals surface area contributed by atoms with E-state index in [9.17, 15) is 0 Å². The van der Waals surface area contributed by atoms with Crippen LogP contribution < -0.4 is 0 Å². The van der Waals surface area contributed by atoms with Gasteiger partial charge in [0.2, 0.25) is 0 Å². The van der Waals surface area contributed by atoms with Crippen LogP contribution in [0.1, 0.15) is 12.2 Å². The molecule has 1 aliphatic rings. The van der Waals surface area contributed by atoms with E-state index in [-0.39, 0.29) is 0 Å². The van der Waals surface area contributed by atoms with Crippen LogP contribution >= 0.6 is 15.9 Å². The molecule has 4 rings (SSSR count). The lowest BCUT2D eigenvalue weighted by molar-refractivity contribution is 0.756. The Morgan fingerprint density at radius 1 is 1.10 bits per heavy atom. The molecule has 0 aliphatic carbocycles. The van der Waals surface area contributed by atoms with Crippen LogP contribution in [-0.2, 0) is 13.0 Å². The van der Waals surface area contributed by atoms with Crippen LogP contribution in [0.2, 0.25) is 0 Å². The van der Waals surface area contributed by atoms with Gasteiger partial charge in [0.25, 0.3) is 0 Å². The maximum atomic E-state index is 4.88. The van der Waals surface area contributed by atoms with Crippen LogP contribution in [0.25, 0.3) is 22.5 Å². The van der Waals surface area contributed by atoms with Gasteiger partial charge in [0.15, 0.2) is 0 Å². The highest BCUT2D eigenvalue weighted by Gasteiger charge is 2.24. The zero-order valence-electron chi connectivity index (χ0n) is 11.5. The van der Waals surface area contributed by atoms with E-state index in [0.717, 1.165) is 28.7 Å². The van der Waals surface area contributed by atoms with Gasteiger partial charge in [0.05, 0.1) is 11.4 Å². The van der Waals surface area contributed by atoms with Crippen molar-refractivity contribution in [3.05, 3.63) is 59.1 Å². The number of fused-ring (bicyclic) bond motifs is 1. The van der Waals surface area contributed by atoms with Crippen molar-refractivity contribution in [1.29, 1.82) is 0 Å². The molecule has 104 valence electrons. The Morgan fingerprint density at radius 3 is 2.81 bits per heavy atom. The van der Waals surface area contributed by atoms with Gasteiger partial charge in [-0.2, -0.15) is 0 Å². The summed E-state index contributed by atoms with van der Waals surface area (Å²) >= 11 is 3.68. The molecule has 21 heavy (non-hydrogen) atoms. The third kappa shape index (κ3) is 2.10. The van der Waals surface area contributed by atoms with Crippen LogP contribution in [0.3, 0.4) is 0 Å². The fourth-order valence-corrected chi connectivity index (χ4v) is 3.43. The van der Waals surface area contributed by atoms with Gasteiger partial charge in [0, 0.05) is 41.0 Å². The van der Waals surface area contributed by atoms with E-state index in [1.807, 2.05) is 18.3 Å². The van der Waals surface area contributed by atoms with Crippen molar-refractivity contribution >= 4 is 15.9 Å². The van der Waals surface area contributed by atoms with Gasteiger partial charge >= 0.3 is 0 Å². The molecule has 3 aromatic rings. The Morgan fingerprint density at radius 2 is 2.00 bits per heavy atom. The first-order valence-corrected chi connectivity index (χ1v) is 7.88. The topological polar surface area (TPSA) is 30.7 Å². The smallest absolute Gasteiger partial charge is 0.109 e. The third-order valence-corrected chi connectivity index (χ3v) is 4.58. The SMILES string of the molecule is Brc1ccccc1-c1c(-c2cccnc2)nc2n1CCC2. The number of aryl methyl sites for hydroxylation is 1. The molecule has 0 amide bonds. The molecule has 0 atom stereocenters. The highest BCUT2D eigenvalue weighted by Crippen LogP contribution is 2.38. The van der Waals surface area contributed by atoms with E-state index < -0.39 is 0 Å². The number of aromatic nitrogens is 3. The van der Waals surface area contributed by atoms with E-state index in [0.29, 0.717) is 0 Å². The maximum Gasteiger partial charge on any atom is 0.109 e. The molecule has 0 unspecified atom stereocenters. The second-order valence-electron chi connectivity index (χ2n) is 5.20. The molecule has 0 fully saturated rings. The van der Waals surface area contributed by atoms with E-state index >= 15 is 0 Å². The monoisotopic (exact) mass is 339 g/mol. The largest absolute Gasteiger partial charge is 0.327 e. The summed E-state index contributed by atoms with van der Waals surface area (Å²) in [4.78, 5) is 9.12. The molecule has 3 heterocycles. The van der Waals surface area contributed by atoms with Gasteiger partial charge < -0.3 is 4.57 Å². The molecule has 0 saturated carbocycles. The Hall–Kier alpha value is -1.94. The van der Waals surface area contributed by atoms with Crippen molar-refractivity contribution in [1.82, 2.24) is 14.5 Å². The molecule has 3 nitrogen and oxygen atoms in total. The maximum absolute atomic E-state index is 4.88. The molecule has 4 heteroatoms. The summed E-state index contributed by atoms with van der Waals surface area (Å²) in [7, 11) is 0. The van der Waals surface area contributed by atoms with Crippen molar-refractivity contribution in [3.63, 3.8) is 0 Å². The molecule has 0 spiro atoms. The lowest BCUT2D eigenvalue weighted by Gasteiger charge is -2.10. The Bertz CT molecular complexity index is 793. The van der Waals surface area contributed by atoms with Crippen LogP contribution in [0.15, 0.2) is 53.3 Å². The summed E-state index contributed by atoms with van der Waals surface area (Å²) < 4.78 is 3.45. The van der Waals surface area contributed by atoms with Crippen LogP contribution in [0, 0.1) is 0 Å². The average molecular weight is 340 g/mol. The number of rotatable bonds is 2. The van der Waals surface area contributed by atoms with E-state index in [1.54, 1.807) is 6.20 Å². The summed E-state index contributed by atoms with van der Waals surface area (Å²) in [5.74, 6) is 1.18. The van der Waals surface area contributed by atoms with E-state index in [4.69, 9.17) is 4.98 Å². The van der Waals surface area contributed by atoms with Crippen molar-refractivity contribution in [2.45, 2.75) is 19.4 Å². The highest BCUT2D eigenvalue weighted by atomic mass is 79.9. The molecule has 0 saturated heterocycles. The summed E-state index contributed by atoms with van der Waals surface area (Å²) in [6.07, 6.45) is 5.91. The lowest BCUT2D eigenvalue weighted by atomic mass is 10.1. The van der Waals surface area contributed by atoms with Crippen molar-refractivity contribution in [2.75, 3.05) is 0 Å². The predicted molar refractivity (Wildman–Crippen MR) is 86.9 cm³/mol. The summed E-state index contributed by atoms with van der Waals surface area (Å²) in [6.45, 7) is 1.04. The number of nitrogens with zero attached hydrogens (tertiary/aromatic N) is 3. The summed E-state index contributed by atoms with van der Waals surface area (Å²) in [5, 5.41) is 0. The Labute approximate surface area is 131 Å². The van der Waals surface area contributed by atoms with Crippen LogP contribution in [-0.4, -0.2) is 14.5 Å². The first kappa shape index (κ1) is 12.8. The quantitative estimate of drug-likeness (QED) is 0.696. The minimum absolute atomic E-state index is 1.03. The zero-order chi connectivity index (χ0) is 14.2. The number of benzene rings is 1. The number of imidazole rings is 1. The second kappa shape index (κ2) is 5.11. The van der Waals surface area contributed by atoms with Crippen LogP contribution in [0.4, 0.5) is 0 Å². The Kier molecular flexibility index (Phi) is 3.11. The van der Waals surface area contributed by atoms with Gasteiger partial charge in [0.1, 0.15) is 5.82 Å². The number of hydrogen-bond donors (Lipinski definition) is 0. The molecule has 2 aromatic heterocycles. The lowest BCUT2D eigenvalue weighted by Crippen LogP contribution is -1.97. The van der Waals surface area contributed by atoms with E-state index in [2.05, 4.69) is 49.7 Å². The standard InChI is InChI=1S/C17H14BrN3/c18-14-7-2-1-6-13(14)17-16(12-5-3-9-19-11-12)20-15-8-4-10-21(15)17/h1-3,5-7,9,11H,4,8,10H2. The average Bonchev–Trinajstić information content (AvgIpc) is 3.10. The summed E-state index contributed by atoms with van der Waals surface area (Å²) in [5.41, 5.74) is 4.50. The minimum atomic E-state index is 1.03. The summed E-state index contributed by atoms with van der Waals surface area (Å²) in [6, 6.07) is 12.4. The van der Waals surface area contributed by atoms with Gasteiger partial charge in [-0.3, -0.25) is 4.98 Å². The van der Waals surface area contributed by atoms with Gasteiger partial charge in [-0.1, -0.05) is 34.1 Å². The number of pyridine rings is 1. The predicted octanol–water partition coefficient (Wildman–Crippen LogP) is 4.32. The number of hydrogen-bond acceptors (Lipinski definition) is 2. The molecule has 0 bridgehead atoms. The third-order valence-electron chi connectivity index (χ3n) is 3.89. The van der Waals surface area contributed by atoms with Crippen molar-refractivity contribution in [3.8, 4) is 22.5 Å². The molecular formula is C17H14BrN3. The van der Waals surface area contributed by atoms with Gasteiger partial charge in [-0.05, 0) is 24.6 Å². The Balaban J connectivity index is 1.99. The molecule has 0 radical (unpaired) electrons. The normalized spacial score (nSPS) is 13.4. The van der Waals surface area contributed by atoms with Gasteiger partial charge in [-0.15, -0.1) is 0 Å². The fourth-order valence-electron chi connectivity index (χ4n) is 2.96. The van der Waals surface area contributed by atoms with Crippen molar-refractivity contribution < 1.29 is 0 Å². The second-order valence-corrected chi connectivity index (χ2v) is 6.06. The van der Waals surface area contributed by atoms with Gasteiger partial charge in [-0.25, -0.2) is 4.98 Å². The number of halogens is 1. The van der Waals surface area contributed by atoms with Crippen LogP contribution in [0.5, 0.6) is 0 Å². The molecule has 1 aromatic carbocycles. The first-order valence-electron chi connectivity index (χ1n) is 7.09. The molecule has 1 aliphatic heterocycles.